The predicted octanol–water partition coefficient (Wildman–Crippen LogP) is 1.75. The molecule has 1 atom stereocenters. The first kappa shape index (κ1) is 13.0. The molecule has 1 unspecified atom stereocenters. The van der Waals surface area contributed by atoms with Crippen LogP contribution in [0.25, 0.3) is 0 Å². The SMILES string of the molecule is C#Cc1cccc(NC(=O)N2CCCC2C(=O)O)c1. The number of carbonyl (C=O) groups excluding carboxylic acids is 1. The van der Waals surface area contributed by atoms with Crippen molar-refractivity contribution in [3.05, 3.63) is 29.8 Å². The van der Waals surface area contributed by atoms with E-state index in [0.29, 0.717) is 30.6 Å². The van der Waals surface area contributed by atoms with Gasteiger partial charge in [-0.15, -0.1) is 6.42 Å². The van der Waals surface area contributed by atoms with Crippen LogP contribution in [0.4, 0.5) is 10.5 Å². The second-order valence-electron chi connectivity index (χ2n) is 4.34. The van der Waals surface area contributed by atoms with E-state index in [9.17, 15) is 9.59 Å². The Balaban J connectivity index is 2.08. The molecule has 1 saturated heterocycles. The number of carboxylic acids is 1. The maximum atomic E-state index is 12.0. The van der Waals surface area contributed by atoms with Gasteiger partial charge < -0.3 is 15.3 Å². The van der Waals surface area contributed by atoms with Gasteiger partial charge in [0.05, 0.1) is 0 Å². The predicted molar refractivity (Wildman–Crippen MR) is 70.8 cm³/mol. The maximum Gasteiger partial charge on any atom is 0.326 e. The number of likely N-dealkylation sites (tertiary alicyclic amines) is 1. The number of carbonyl (C=O) groups is 2. The molecular weight excluding hydrogens is 244 g/mol. The summed E-state index contributed by atoms with van der Waals surface area (Å²) in [5.74, 6) is 1.51. The summed E-state index contributed by atoms with van der Waals surface area (Å²) < 4.78 is 0. The Bertz CT molecular complexity index is 548. The van der Waals surface area contributed by atoms with Crippen molar-refractivity contribution in [2.45, 2.75) is 18.9 Å². The van der Waals surface area contributed by atoms with Crippen molar-refractivity contribution in [1.82, 2.24) is 4.90 Å². The lowest BCUT2D eigenvalue weighted by atomic mass is 10.2. The number of nitrogens with one attached hydrogen (secondary N) is 1. The summed E-state index contributed by atoms with van der Waals surface area (Å²) in [5, 5.41) is 11.7. The molecule has 5 heteroatoms. The van der Waals surface area contributed by atoms with Crippen LogP contribution in [0, 0.1) is 12.3 Å². The third-order valence-corrected chi connectivity index (χ3v) is 3.08. The summed E-state index contributed by atoms with van der Waals surface area (Å²) in [5.41, 5.74) is 1.23. The number of hydrogen-bond donors (Lipinski definition) is 2. The van der Waals surface area contributed by atoms with Crippen LogP contribution in [0.3, 0.4) is 0 Å². The lowest BCUT2D eigenvalue weighted by Crippen LogP contribution is -2.42. The molecule has 0 radical (unpaired) electrons. The maximum absolute atomic E-state index is 12.0. The largest absolute Gasteiger partial charge is 0.480 e. The number of urea groups is 1. The van der Waals surface area contributed by atoms with Gasteiger partial charge in [-0.25, -0.2) is 9.59 Å². The van der Waals surface area contributed by atoms with Crippen LogP contribution in [0.15, 0.2) is 24.3 Å². The lowest BCUT2D eigenvalue weighted by Gasteiger charge is -2.21. The van der Waals surface area contributed by atoms with Crippen molar-refractivity contribution in [3.8, 4) is 12.3 Å². The van der Waals surface area contributed by atoms with Crippen molar-refractivity contribution in [2.24, 2.45) is 0 Å². The van der Waals surface area contributed by atoms with Crippen molar-refractivity contribution in [2.75, 3.05) is 11.9 Å². The molecule has 1 heterocycles. The molecule has 98 valence electrons. The number of hydrogen-bond acceptors (Lipinski definition) is 2. The smallest absolute Gasteiger partial charge is 0.326 e. The molecule has 2 amide bonds. The molecule has 1 fully saturated rings. The van der Waals surface area contributed by atoms with Crippen molar-refractivity contribution >= 4 is 17.7 Å². The van der Waals surface area contributed by atoms with Gasteiger partial charge in [0.1, 0.15) is 6.04 Å². The summed E-state index contributed by atoms with van der Waals surface area (Å²) in [6.45, 7) is 0.456. The van der Waals surface area contributed by atoms with Crippen molar-refractivity contribution < 1.29 is 14.7 Å². The van der Waals surface area contributed by atoms with Crippen LogP contribution >= 0.6 is 0 Å². The summed E-state index contributed by atoms with van der Waals surface area (Å²) in [7, 11) is 0. The van der Waals surface area contributed by atoms with Crippen LogP contribution in [0.5, 0.6) is 0 Å². The summed E-state index contributed by atoms with van der Waals surface area (Å²) in [6.07, 6.45) is 6.48. The molecule has 0 aromatic heterocycles. The number of anilines is 1. The first-order valence-corrected chi connectivity index (χ1v) is 5.99. The molecule has 0 saturated carbocycles. The number of amides is 2. The Labute approximate surface area is 111 Å². The molecular formula is C14H14N2O3. The van der Waals surface area contributed by atoms with E-state index in [1.807, 2.05) is 0 Å². The zero-order chi connectivity index (χ0) is 13.8. The molecule has 2 N–H and O–H groups in total. The van der Waals surface area contributed by atoms with Gasteiger partial charge in [-0.2, -0.15) is 0 Å². The minimum Gasteiger partial charge on any atom is -0.480 e. The first-order chi connectivity index (χ1) is 9.11. The van der Waals surface area contributed by atoms with Gasteiger partial charge in [0.2, 0.25) is 0 Å². The fourth-order valence-electron chi connectivity index (χ4n) is 2.15. The van der Waals surface area contributed by atoms with E-state index in [2.05, 4.69) is 11.2 Å². The molecule has 1 aliphatic rings. The molecule has 0 aliphatic carbocycles. The van der Waals surface area contributed by atoms with Crippen LogP contribution in [-0.4, -0.2) is 34.6 Å². The van der Waals surface area contributed by atoms with Crippen LogP contribution < -0.4 is 5.32 Å². The fraction of sp³-hybridized carbons (Fsp3) is 0.286. The van der Waals surface area contributed by atoms with Crippen molar-refractivity contribution in [1.29, 1.82) is 0 Å². The first-order valence-electron chi connectivity index (χ1n) is 5.99. The molecule has 2 rings (SSSR count). The second kappa shape index (κ2) is 5.44. The van der Waals surface area contributed by atoms with Gasteiger partial charge >= 0.3 is 12.0 Å². The number of terminal acetylenes is 1. The highest BCUT2D eigenvalue weighted by molar-refractivity contribution is 5.92. The van der Waals surface area contributed by atoms with Gasteiger partial charge in [-0.3, -0.25) is 0 Å². The number of nitrogens with zero attached hydrogens (tertiary/aromatic N) is 1. The average Bonchev–Trinajstić information content (AvgIpc) is 2.88. The standard InChI is InChI=1S/C14H14N2O3/c1-2-10-5-3-6-11(9-10)15-14(19)16-8-4-7-12(16)13(17)18/h1,3,5-6,9,12H,4,7-8H2,(H,15,19)(H,17,18). The highest BCUT2D eigenvalue weighted by Crippen LogP contribution is 2.19. The van der Waals surface area contributed by atoms with E-state index in [1.54, 1.807) is 24.3 Å². The summed E-state index contributed by atoms with van der Waals surface area (Å²) in [4.78, 5) is 24.4. The third-order valence-electron chi connectivity index (χ3n) is 3.08. The second-order valence-corrected chi connectivity index (χ2v) is 4.34. The number of rotatable bonds is 2. The average molecular weight is 258 g/mol. The number of carboxylic acid groups (broad SMARTS) is 1. The minimum atomic E-state index is -0.968. The highest BCUT2D eigenvalue weighted by Gasteiger charge is 2.33. The minimum absolute atomic E-state index is 0.404. The van der Waals surface area contributed by atoms with Gasteiger partial charge in [-0.05, 0) is 31.0 Å². The van der Waals surface area contributed by atoms with Crippen LogP contribution in [0.1, 0.15) is 18.4 Å². The molecule has 1 aromatic carbocycles. The summed E-state index contributed by atoms with van der Waals surface area (Å²) >= 11 is 0. The van der Waals surface area contributed by atoms with E-state index in [-0.39, 0.29) is 0 Å². The van der Waals surface area contributed by atoms with E-state index in [0.717, 1.165) is 0 Å². The molecule has 1 aliphatic heterocycles. The molecule has 1 aromatic rings. The topological polar surface area (TPSA) is 69.6 Å². The van der Waals surface area contributed by atoms with E-state index in [4.69, 9.17) is 11.5 Å². The highest BCUT2D eigenvalue weighted by atomic mass is 16.4. The molecule has 0 bridgehead atoms. The van der Waals surface area contributed by atoms with E-state index >= 15 is 0 Å². The fourth-order valence-corrected chi connectivity index (χ4v) is 2.15. The zero-order valence-corrected chi connectivity index (χ0v) is 10.3. The van der Waals surface area contributed by atoms with Gasteiger partial charge in [0, 0.05) is 17.8 Å². The number of aliphatic carboxylic acids is 1. The van der Waals surface area contributed by atoms with Crippen LogP contribution in [-0.2, 0) is 4.79 Å². The Hall–Kier alpha value is -2.48. The van der Waals surface area contributed by atoms with Crippen molar-refractivity contribution in [3.63, 3.8) is 0 Å². The monoisotopic (exact) mass is 258 g/mol. The van der Waals surface area contributed by atoms with E-state index < -0.39 is 18.0 Å². The van der Waals surface area contributed by atoms with Gasteiger partial charge in [-0.1, -0.05) is 12.0 Å². The Kier molecular flexibility index (Phi) is 3.71. The molecule has 5 nitrogen and oxygen atoms in total. The Morgan fingerprint density at radius 3 is 2.95 bits per heavy atom. The molecule has 19 heavy (non-hydrogen) atoms. The molecule has 0 spiro atoms. The zero-order valence-electron chi connectivity index (χ0n) is 10.3. The summed E-state index contributed by atoms with van der Waals surface area (Å²) in [6, 6.07) is 5.73. The Morgan fingerprint density at radius 1 is 1.47 bits per heavy atom. The number of benzene rings is 1. The quantitative estimate of drug-likeness (QED) is 0.794. The van der Waals surface area contributed by atoms with E-state index in [1.165, 1.54) is 4.90 Å². The lowest BCUT2D eigenvalue weighted by molar-refractivity contribution is -0.141. The third kappa shape index (κ3) is 2.86. The Morgan fingerprint density at radius 2 is 2.26 bits per heavy atom. The van der Waals surface area contributed by atoms with Crippen LogP contribution in [0.2, 0.25) is 0 Å². The van der Waals surface area contributed by atoms with Gasteiger partial charge in [0.15, 0.2) is 0 Å². The van der Waals surface area contributed by atoms with Gasteiger partial charge in [0.25, 0.3) is 0 Å². The normalized spacial score (nSPS) is 17.8.